The molecule has 0 bridgehead atoms. The van der Waals surface area contributed by atoms with Crippen molar-refractivity contribution in [2.75, 3.05) is 46.1 Å². The van der Waals surface area contributed by atoms with Crippen LogP contribution in [-0.2, 0) is 14.2 Å². The molecule has 1 aromatic carbocycles. The number of rotatable bonds is 10. The van der Waals surface area contributed by atoms with Gasteiger partial charge < -0.3 is 23.5 Å². The number of ether oxygens (including phenoxy) is 3. The minimum Gasteiger partial charge on any atom is -0.380 e. The average molecular weight is 579 g/mol. The van der Waals surface area contributed by atoms with Gasteiger partial charge in [0.15, 0.2) is 6.29 Å². The van der Waals surface area contributed by atoms with E-state index in [9.17, 15) is 9.18 Å². The first kappa shape index (κ1) is 29.2. The van der Waals surface area contributed by atoms with Gasteiger partial charge in [0.2, 0.25) is 0 Å². The summed E-state index contributed by atoms with van der Waals surface area (Å²) in [7, 11) is 0. The van der Waals surface area contributed by atoms with Gasteiger partial charge in [0.05, 0.1) is 43.7 Å². The van der Waals surface area contributed by atoms with E-state index in [0.717, 1.165) is 61.6 Å². The van der Waals surface area contributed by atoms with Gasteiger partial charge in [-0.05, 0) is 69.9 Å². The molecule has 3 aromatic rings. The van der Waals surface area contributed by atoms with Gasteiger partial charge in [-0.3, -0.25) is 9.69 Å². The third-order valence-electron chi connectivity index (χ3n) is 9.43. The van der Waals surface area contributed by atoms with Crippen molar-refractivity contribution in [1.82, 2.24) is 19.2 Å². The van der Waals surface area contributed by atoms with E-state index in [0.29, 0.717) is 37.3 Å². The Balaban J connectivity index is 1.31. The average Bonchev–Trinajstić information content (AvgIpc) is 3.58. The molecule has 1 amide bonds. The largest absolute Gasteiger partial charge is 0.380 e. The van der Waals surface area contributed by atoms with Crippen molar-refractivity contribution in [2.24, 2.45) is 5.41 Å². The number of carbonyl (C=O) groups excluding carboxylic acids is 1. The van der Waals surface area contributed by atoms with Crippen LogP contribution in [0.3, 0.4) is 0 Å². The SMILES string of the molecule is CCN(C(=O)c1cc(F)ccc1-c1cc(C2CN(C(CCC3OCCO3)C3(C)COC3)C2)cn2c(C)ncc12)C(C)C. The molecule has 0 spiro atoms. The van der Waals surface area contributed by atoms with E-state index in [-0.39, 0.29) is 23.7 Å². The maximum atomic E-state index is 14.6. The van der Waals surface area contributed by atoms with Crippen LogP contribution in [-0.4, -0.2) is 89.5 Å². The summed E-state index contributed by atoms with van der Waals surface area (Å²) in [6.07, 6.45) is 5.82. The summed E-state index contributed by atoms with van der Waals surface area (Å²) in [6.45, 7) is 15.6. The predicted octanol–water partition coefficient (Wildman–Crippen LogP) is 5.28. The van der Waals surface area contributed by atoms with Crippen LogP contribution in [0, 0.1) is 18.2 Å². The van der Waals surface area contributed by atoms with Gasteiger partial charge in [0.25, 0.3) is 5.91 Å². The van der Waals surface area contributed by atoms with Gasteiger partial charge in [-0.15, -0.1) is 0 Å². The summed E-state index contributed by atoms with van der Waals surface area (Å²) in [4.78, 5) is 22.7. The summed E-state index contributed by atoms with van der Waals surface area (Å²) in [5.41, 5.74) is 4.26. The first-order valence-corrected chi connectivity index (χ1v) is 15.3. The molecule has 0 saturated carbocycles. The van der Waals surface area contributed by atoms with Crippen LogP contribution >= 0.6 is 0 Å². The molecule has 3 fully saturated rings. The molecule has 0 aliphatic carbocycles. The number of hydrogen-bond donors (Lipinski definition) is 0. The van der Waals surface area contributed by atoms with E-state index in [1.54, 1.807) is 11.0 Å². The molecule has 0 radical (unpaired) electrons. The number of aromatic nitrogens is 2. The van der Waals surface area contributed by atoms with E-state index in [4.69, 9.17) is 14.2 Å². The normalized spacial score (nSPS) is 20.2. The van der Waals surface area contributed by atoms with E-state index in [1.807, 2.05) is 33.9 Å². The number of hydrogen-bond acceptors (Lipinski definition) is 6. The highest BCUT2D eigenvalue weighted by molar-refractivity contribution is 6.03. The highest BCUT2D eigenvalue weighted by atomic mass is 19.1. The summed E-state index contributed by atoms with van der Waals surface area (Å²) in [6, 6.07) is 7.16. The lowest BCUT2D eigenvalue weighted by Crippen LogP contribution is -2.62. The molecule has 8 nitrogen and oxygen atoms in total. The lowest BCUT2D eigenvalue weighted by atomic mass is 9.74. The Kier molecular flexibility index (Phi) is 8.13. The fraction of sp³-hybridized carbons (Fsp3) is 0.576. The molecule has 1 atom stereocenters. The Bertz CT molecular complexity index is 1440. The number of nitrogens with zero attached hydrogens (tertiary/aromatic N) is 4. The zero-order chi connectivity index (χ0) is 29.6. The molecule has 42 heavy (non-hydrogen) atoms. The lowest BCUT2D eigenvalue weighted by Gasteiger charge is -2.54. The van der Waals surface area contributed by atoms with Crippen molar-refractivity contribution in [1.29, 1.82) is 0 Å². The van der Waals surface area contributed by atoms with E-state index in [1.165, 1.54) is 17.7 Å². The Morgan fingerprint density at radius 2 is 1.90 bits per heavy atom. The number of amides is 1. The van der Waals surface area contributed by atoms with Crippen molar-refractivity contribution in [2.45, 2.75) is 71.8 Å². The van der Waals surface area contributed by atoms with E-state index >= 15 is 0 Å². The number of aryl methyl sites for hydroxylation is 1. The molecule has 3 saturated heterocycles. The Morgan fingerprint density at radius 1 is 1.17 bits per heavy atom. The van der Waals surface area contributed by atoms with Gasteiger partial charge in [0, 0.05) is 54.8 Å². The highest BCUT2D eigenvalue weighted by Crippen LogP contribution is 2.42. The smallest absolute Gasteiger partial charge is 0.254 e. The van der Waals surface area contributed by atoms with Crippen LogP contribution < -0.4 is 0 Å². The maximum absolute atomic E-state index is 14.6. The number of fused-ring (bicyclic) bond motifs is 1. The third-order valence-corrected chi connectivity index (χ3v) is 9.43. The lowest BCUT2D eigenvalue weighted by molar-refractivity contribution is -0.161. The van der Waals surface area contributed by atoms with Crippen molar-refractivity contribution < 1.29 is 23.4 Å². The molecule has 6 rings (SSSR count). The minimum atomic E-state index is -0.415. The van der Waals surface area contributed by atoms with Crippen LogP contribution in [0.15, 0.2) is 36.7 Å². The second-order valence-corrected chi connectivity index (χ2v) is 12.7. The molecule has 0 N–H and O–H groups in total. The second kappa shape index (κ2) is 11.7. The zero-order valence-corrected chi connectivity index (χ0v) is 25.4. The van der Waals surface area contributed by atoms with Gasteiger partial charge in [-0.25, -0.2) is 9.37 Å². The summed E-state index contributed by atoms with van der Waals surface area (Å²) >= 11 is 0. The molecular weight excluding hydrogens is 535 g/mol. The first-order chi connectivity index (χ1) is 20.2. The van der Waals surface area contributed by atoms with Crippen molar-refractivity contribution in [3.05, 3.63) is 59.4 Å². The number of likely N-dealkylation sites (tertiary alicyclic amines) is 1. The highest BCUT2D eigenvalue weighted by Gasteiger charge is 2.47. The van der Waals surface area contributed by atoms with Gasteiger partial charge >= 0.3 is 0 Å². The number of carbonyl (C=O) groups is 1. The van der Waals surface area contributed by atoms with Gasteiger partial charge in [0.1, 0.15) is 11.6 Å². The van der Waals surface area contributed by atoms with Crippen LogP contribution in [0.2, 0.25) is 0 Å². The minimum absolute atomic E-state index is 0.00538. The second-order valence-electron chi connectivity index (χ2n) is 12.7. The fourth-order valence-corrected chi connectivity index (χ4v) is 6.94. The van der Waals surface area contributed by atoms with E-state index in [2.05, 4.69) is 33.5 Å². The summed E-state index contributed by atoms with van der Waals surface area (Å²) < 4.78 is 33.8. The van der Waals surface area contributed by atoms with Crippen LogP contribution in [0.1, 0.15) is 68.2 Å². The number of benzene rings is 1. The van der Waals surface area contributed by atoms with Gasteiger partial charge in [-0.1, -0.05) is 13.0 Å². The van der Waals surface area contributed by atoms with Gasteiger partial charge in [-0.2, -0.15) is 0 Å². The quantitative estimate of drug-likeness (QED) is 0.326. The third kappa shape index (κ3) is 5.36. The van der Waals surface area contributed by atoms with Crippen molar-refractivity contribution in [3.63, 3.8) is 0 Å². The Hall–Kier alpha value is -2.85. The summed E-state index contributed by atoms with van der Waals surface area (Å²) in [5, 5.41) is 0. The molecule has 3 aliphatic rings. The number of imidazole rings is 1. The number of halogens is 1. The molecule has 2 aromatic heterocycles. The topological polar surface area (TPSA) is 68.5 Å². The monoisotopic (exact) mass is 578 g/mol. The molecule has 9 heteroatoms. The number of pyridine rings is 1. The first-order valence-electron chi connectivity index (χ1n) is 15.3. The standard InChI is InChI=1S/C33H43FN4O4/c1-6-37(21(2)3)32(39)28-14-25(34)7-8-26(28)27-13-23(18-38-22(4)35-15-29(27)38)24-16-36(17-24)30(33(5)19-40-20-33)9-10-31-41-11-12-42-31/h7-8,13-15,18,21,24,30-31H,6,9-12,16-17,19-20H2,1-5H3. The van der Waals surface area contributed by atoms with Crippen molar-refractivity contribution in [3.8, 4) is 11.1 Å². The zero-order valence-electron chi connectivity index (χ0n) is 25.4. The van der Waals surface area contributed by atoms with Crippen LogP contribution in [0.5, 0.6) is 0 Å². The molecule has 5 heterocycles. The molecule has 1 unspecified atom stereocenters. The van der Waals surface area contributed by atoms with Crippen LogP contribution in [0.4, 0.5) is 4.39 Å². The maximum Gasteiger partial charge on any atom is 0.254 e. The van der Waals surface area contributed by atoms with Crippen molar-refractivity contribution >= 4 is 11.4 Å². The predicted molar refractivity (Wildman–Crippen MR) is 159 cm³/mol. The molecule has 3 aliphatic heterocycles. The van der Waals surface area contributed by atoms with Crippen LogP contribution in [0.25, 0.3) is 16.6 Å². The Morgan fingerprint density at radius 3 is 2.55 bits per heavy atom. The summed E-state index contributed by atoms with van der Waals surface area (Å²) in [5.74, 6) is 0.639. The molecular formula is C33H43FN4O4. The Labute approximate surface area is 247 Å². The fourth-order valence-electron chi connectivity index (χ4n) is 6.94. The molecule has 226 valence electrons. The van der Waals surface area contributed by atoms with E-state index < -0.39 is 5.82 Å².